The molecule has 174 valence electrons. The van der Waals surface area contributed by atoms with Crippen LogP contribution >= 0.6 is 0 Å². The van der Waals surface area contributed by atoms with E-state index in [-0.39, 0.29) is 17.3 Å². The standard InChI is InChI=1S/C23H37N3O4S/c1-10-26(14-13-24-31(9,29)30)17-11-12-18(16(2)15-17)25-19(20(27)22(3,4)5)21(28)23(6,7)8/h11-12,15,24H,10,13-14H2,1-9H3. The summed E-state index contributed by atoms with van der Waals surface area (Å²) < 4.78 is 25.1. The first-order valence-corrected chi connectivity index (χ1v) is 12.3. The van der Waals surface area contributed by atoms with Gasteiger partial charge in [-0.1, -0.05) is 41.5 Å². The minimum absolute atomic E-state index is 0.0273. The van der Waals surface area contributed by atoms with Crippen LogP contribution in [0.4, 0.5) is 11.4 Å². The Balaban J connectivity index is 3.30. The lowest BCUT2D eigenvalue weighted by atomic mass is 9.80. The maximum atomic E-state index is 13.0. The van der Waals surface area contributed by atoms with Gasteiger partial charge in [0.25, 0.3) is 0 Å². The SMILES string of the molecule is CCN(CCNS(C)(=O)=O)c1ccc(N=C(C(=O)C(C)(C)C)C(=O)C(C)(C)C)c(C)c1. The molecule has 7 nitrogen and oxygen atoms in total. The summed E-state index contributed by atoms with van der Waals surface area (Å²) in [6.45, 7) is 16.1. The highest BCUT2D eigenvalue weighted by Crippen LogP contribution is 2.28. The van der Waals surface area contributed by atoms with Crippen LogP contribution in [0.25, 0.3) is 0 Å². The molecule has 0 saturated carbocycles. The average Bonchev–Trinajstić information content (AvgIpc) is 2.61. The molecule has 1 N–H and O–H groups in total. The van der Waals surface area contributed by atoms with E-state index in [1.165, 1.54) is 0 Å². The van der Waals surface area contributed by atoms with Gasteiger partial charge in [0, 0.05) is 36.2 Å². The number of likely N-dealkylation sites (N-methyl/N-ethyl adjacent to an activating group) is 1. The van der Waals surface area contributed by atoms with E-state index >= 15 is 0 Å². The number of hydrogen-bond acceptors (Lipinski definition) is 6. The molecule has 0 aliphatic heterocycles. The second-order valence-electron chi connectivity index (χ2n) is 9.84. The van der Waals surface area contributed by atoms with E-state index < -0.39 is 20.9 Å². The van der Waals surface area contributed by atoms with Crippen molar-refractivity contribution in [3.05, 3.63) is 23.8 Å². The van der Waals surface area contributed by atoms with Gasteiger partial charge in [0.15, 0.2) is 17.3 Å². The summed E-state index contributed by atoms with van der Waals surface area (Å²) in [7, 11) is -3.24. The molecule has 0 atom stereocenters. The fraction of sp³-hybridized carbons (Fsp3) is 0.609. The van der Waals surface area contributed by atoms with E-state index in [1.54, 1.807) is 47.6 Å². The van der Waals surface area contributed by atoms with Crippen LogP contribution in [-0.2, 0) is 19.6 Å². The Morgan fingerprint density at radius 3 is 1.94 bits per heavy atom. The van der Waals surface area contributed by atoms with Crippen molar-refractivity contribution in [2.75, 3.05) is 30.8 Å². The van der Waals surface area contributed by atoms with Crippen LogP contribution in [0.2, 0.25) is 0 Å². The molecule has 0 spiro atoms. The van der Waals surface area contributed by atoms with Gasteiger partial charge in [0.1, 0.15) is 0 Å². The van der Waals surface area contributed by atoms with Gasteiger partial charge in [-0.05, 0) is 37.6 Å². The van der Waals surface area contributed by atoms with Gasteiger partial charge in [0.2, 0.25) is 10.0 Å². The third-order valence-electron chi connectivity index (χ3n) is 4.70. The number of nitrogens with one attached hydrogen (secondary N) is 1. The van der Waals surface area contributed by atoms with Crippen LogP contribution in [0.5, 0.6) is 0 Å². The number of anilines is 1. The molecule has 1 aromatic carbocycles. The molecule has 0 fully saturated rings. The van der Waals surface area contributed by atoms with Gasteiger partial charge in [-0.2, -0.15) is 0 Å². The van der Waals surface area contributed by atoms with Crippen LogP contribution < -0.4 is 9.62 Å². The van der Waals surface area contributed by atoms with E-state index in [1.807, 2.05) is 30.9 Å². The normalized spacial score (nSPS) is 12.4. The molecule has 1 rings (SSSR count). The second-order valence-corrected chi connectivity index (χ2v) is 11.7. The number of carbonyl (C=O) groups excluding carboxylic acids is 2. The van der Waals surface area contributed by atoms with Crippen molar-refractivity contribution in [1.29, 1.82) is 0 Å². The topological polar surface area (TPSA) is 95.9 Å². The van der Waals surface area contributed by atoms with E-state index in [0.29, 0.717) is 25.3 Å². The van der Waals surface area contributed by atoms with Crippen molar-refractivity contribution in [2.24, 2.45) is 15.8 Å². The fourth-order valence-electron chi connectivity index (χ4n) is 2.83. The largest absolute Gasteiger partial charge is 0.370 e. The molecule has 1 aromatic rings. The van der Waals surface area contributed by atoms with Gasteiger partial charge in [-0.25, -0.2) is 18.1 Å². The van der Waals surface area contributed by atoms with Crippen molar-refractivity contribution in [3.8, 4) is 0 Å². The van der Waals surface area contributed by atoms with Gasteiger partial charge >= 0.3 is 0 Å². The molecular weight excluding hydrogens is 414 g/mol. The van der Waals surface area contributed by atoms with Crippen molar-refractivity contribution in [3.63, 3.8) is 0 Å². The predicted octanol–water partition coefficient (Wildman–Crippen LogP) is 3.67. The summed E-state index contributed by atoms with van der Waals surface area (Å²) in [6, 6.07) is 5.60. The summed E-state index contributed by atoms with van der Waals surface area (Å²) in [5.74, 6) is -0.559. The minimum Gasteiger partial charge on any atom is -0.370 e. The number of hydrogen-bond donors (Lipinski definition) is 1. The monoisotopic (exact) mass is 451 g/mol. The molecule has 0 aliphatic carbocycles. The fourth-order valence-corrected chi connectivity index (χ4v) is 3.30. The van der Waals surface area contributed by atoms with Gasteiger partial charge < -0.3 is 4.90 Å². The predicted molar refractivity (Wildman–Crippen MR) is 128 cm³/mol. The Hall–Kier alpha value is -2.06. The summed E-state index contributed by atoms with van der Waals surface area (Å²) in [5.41, 5.74) is 0.839. The van der Waals surface area contributed by atoms with E-state index in [2.05, 4.69) is 9.71 Å². The number of carbonyl (C=O) groups is 2. The molecule has 0 unspecified atom stereocenters. The van der Waals surface area contributed by atoms with Crippen LogP contribution in [0.3, 0.4) is 0 Å². The highest BCUT2D eigenvalue weighted by molar-refractivity contribution is 7.88. The molecule has 0 saturated heterocycles. The number of aliphatic imine (C=N–C) groups is 1. The van der Waals surface area contributed by atoms with Crippen LogP contribution in [0.1, 0.15) is 54.0 Å². The number of aryl methyl sites for hydroxylation is 1. The zero-order chi connectivity index (χ0) is 24.2. The molecule has 31 heavy (non-hydrogen) atoms. The Labute approximate surface area is 187 Å². The highest BCUT2D eigenvalue weighted by atomic mass is 32.2. The number of rotatable bonds is 9. The lowest BCUT2D eigenvalue weighted by Crippen LogP contribution is -2.39. The molecule has 0 heterocycles. The quantitative estimate of drug-likeness (QED) is 0.456. The third-order valence-corrected chi connectivity index (χ3v) is 5.43. The van der Waals surface area contributed by atoms with E-state index in [9.17, 15) is 18.0 Å². The molecular formula is C23H37N3O4S. The average molecular weight is 452 g/mol. The zero-order valence-corrected chi connectivity index (χ0v) is 21.1. The number of ketones is 2. The maximum absolute atomic E-state index is 13.0. The lowest BCUT2D eigenvalue weighted by Gasteiger charge is -2.24. The lowest BCUT2D eigenvalue weighted by molar-refractivity contribution is -0.124. The van der Waals surface area contributed by atoms with Gasteiger partial charge in [-0.15, -0.1) is 0 Å². The highest BCUT2D eigenvalue weighted by Gasteiger charge is 2.36. The van der Waals surface area contributed by atoms with Crippen LogP contribution in [0.15, 0.2) is 23.2 Å². The van der Waals surface area contributed by atoms with Crippen molar-refractivity contribution >= 4 is 38.7 Å². The number of sulfonamides is 1. The Bertz CT molecular complexity index is 924. The van der Waals surface area contributed by atoms with Crippen LogP contribution in [0, 0.1) is 17.8 Å². The summed E-state index contributed by atoms with van der Waals surface area (Å²) >= 11 is 0. The summed E-state index contributed by atoms with van der Waals surface area (Å²) in [4.78, 5) is 32.5. The van der Waals surface area contributed by atoms with Crippen molar-refractivity contribution in [2.45, 2.75) is 55.4 Å². The molecule has 0 radical (unpaired) electrons. The second kappa shape index (κ2) is 10.0. The van der Waals surface area contributed by atoms with Crippen molar-refractivity contribution < 1.29 is 18.0 Å². The molecule has 8 heteroatoms. The molecule has 0 bridgehead atoms. The first-order chi connectivity index (χ1) is 14.0. The molecule has 0 aromatic heterocycles. The third kappa shape index (κ3) is 8.18. The van der Waals surface area contributed by atoms with E-state index in [4.69, 9.17) is 0 Å². The Morgan fingerprint density at radius 1 is 1.03 bits per heavy atom. The summed E-state index contributed by atoms with van der Waals surface area (Å²) in [6.07, 6.45) is 1.13. The first-order valence-electron chi connectivity index (χ1n) is 10.5. The first kappa shape index (κ1) is 27.0. The molecule has 0 amide bonds. The zero-order valence-electron chi connectivity index (χ0n) is 20.3. The maximum Gasteiger partial charge on any atom is 0.208 e. The molecule has 0 aliphatic rings. The number of nitrogens with zero attached hydrogens (tertiary/aromatic N) is 2. The van der Waals surface area contributed by atoms with Gasteiger partial charge in [-0.3, -0.25) is 9.59 Å². The number of benzene rings is 1. The van der Waals surface area contributed by atoms with Gasteiger partial charge in [0.05, 0.1) is 11.9 Å². The number of Topliss-reactive ketones (excluding diaryl/α,β-unsaturated/α-hetero) is 2. The van der Waals surface area contributed by atoms with E-state index in [0.717, 1.165) is 17.5 Å². The smallest absolute Gasteiger partial charge is 0.208 e. The van der Waals surface area contributed by atoms with Crippen LogP contribution in [-0.4, -0.2) is 51.6 Å². The Kier molecular flexibility index (Phi) is 8.74. The Morgan fingerprint density at radius 2 is 1.55 bits per heavy atom. The minimum atomic E-state index is -3.24. The van der Waals surface area contributed by atoms with Crippen molar-refractivity contribution in [1.82, 2.24) is 4.72 Å². The summed E-state index contributed by atoms with van der Waals surface area (Å²) in [5, 5.41) is 0.